The third-order valence-corrected chi connectivity index (χ3v) is 4.57. The van der Waals surface area contributed by atoms with Gasteiger partial charge in [-0.25, -0.2) is 26.9 Å². The van der Waals surface area contributed by atoms with E-state index in [1.807, 2.05) is 51.1 Å². The number of aromatic hydroxyl groups is 1. The van der Waals surface area contributed by atoms with Crippen molar-refractivity contribution in [2.24, 2.45) is 4.99 Å². The number of rotatable bonds is 3. The number of hydrogen-bond donors (Lipinski definition) is 1. The molecule has 0 unspecified atom stereocenters. The van der Waals surface area contributed by atoms with Crippen molar-refractivity contribution in [2.45, 2.75) is 26.2 Å². The Bertz CT molecular complexity index is 1140. The molecule has 3 rings (SSSR count). The van der Waals surface area contributed by atoms with Crippen molar-refractivity contribution >= 4 is 30.5 Å². The quantitative estimate of drug-likeness (QED) is 0.118. The van der Waals surface area contributed by atoms with Crippen LogP contribution in [0.25, 0.3) is 11.1 Å². The average Bonchev–Trinajstić information content (AvgIpc) is 2.77. The molecule has 33 heavy (non-hydrogen) atoms. The van der Waals surface area contributed by atoms with Gasteiger partial charge >= 0.3 is 35.6 Å². The Morgan fingerprint density at radius 3 is 1.79 bits per heavy atom. The number of hydrogen-bond acceptors (Lipinski definition) is 2. The molecule has 0 aliphatic rings. The number of phenols is 1. The van der Waals surface area contributed by atoms with Crippen molar-refractivity contribution in [3.8, 4) is 16.9 Å². The number of nitrogens with zero attached hydrogens (tertiary/aromatic N) is 1. The molecule has 0 saturated carbocycles. The number of aliphatic imine (C=N–C) groups is 1. The van der Waals surface area contributed by atoms with Gasteiger partial charge in [0.15, 0.2) is 23.3 Å². The molecule has 0 bridgehead atoms. The Hall–Kier alpha value is -1.93. The number of phenolic OH excluding ortho intramolecular Hbond substituents is 1. The first-order chi connectivity index (χ1) is 15.4. The second kappa shape index (κ2) is 11.5. The summed E-state index contributed by atoms with van der Waals surface area (Å²) in [4.78, 5) is 3.48. The van der Waals surface area contributed by atoms with Gasteiger partial charge in [0.1, 0.15) is 11.4 Å². The molecule has 0 radical (unpaired) electrons. The van der Waals surface area contributed by atoms with Crippen LogP contribution in [0.15, 0.2) is 47.5 Å². The van der Waals surface area contributed by atoms with E-state index in [0.717, 1.165) is 11.8 Å². The van der Waals surface area contributed by atoms with Gasteiger partial charge < -0.3 is 5.11 Å². The van der Waals surface area contributed by atoms with E-state index in [9.17, 15) is 27.1 Å². The van der Waals surface area contributed by atoms with Crippen LogP contribution in [-0.4, -0.2) is 11.3 Å². The van der Waals surface area contributed by atoms with E-state index in [-0.39, 0.29) is 11.3 Å². The van der Waals surface area contributed by atoms with E-state index in [0.29, 0.717) is 11.1 Å². The molecule has 0 atom stereocenters. The summed E-state index contributed by atoms with van der Waals surface area (Å²) in [6.45, 7) is 5.59. The molecule has 1 N–H and O–H groups in total. The molecule has 0 aliphatic heterocycles. The molecule has 0 aliphatic carbocycles. The van der Waals surface area contributed by atoms with Crippen molar-refractivity contribution < 1.29 is 44.1 Å². The van der Waals surface area contributed by atoms with Crippen LogP contribution < -0.4 is 0 Å². The summed E-state index contributed by atoms with van der Waals surface area (Å²) in [6, 6.07) is 12.5. The summed E-state index contributed by atoms with van der Waals surface area (Å²) < 4.78 is 67.9. The van der Waals surface area contributed by atoms with Crippen molar-refractivity contribution in [1.29, 1.82) is 0 Å². The van der Waals surface area contributed by atoms with Crippen LogP contribution in [-0.2, 0) is 22.4 Å². The minimum absolute atomic E-state index is 0.0743. The summed E-state index contributed by atoms with van der Waals surface area (Å²) in [5.41, 5.74) is 0.287. The van der Waals surface area contributed by atoms with Gasteiger partial charge in [0, 0.05) is 17.3 Å². The van der Waals surface area contributed by atoms with Gasteiger partial charge in [-0.15, -0.1) is 0 Å². The molecule has 10 heteroatoms. The van der Waals surface area contributed by atoms with Crippen molar-refractivity contribution in [1.82, 2.24) is 0 Å². The Kier molecular flexibility index (Phi) is 9.50. The van der Waals surface area contributed by atoms with E-state index in [1.165, 1.54) is 6.07 Å². The Balaban J connectivity index is 0.00000122. The second-order valence-electron chi connectivity index (χ2n) is 7.83. The molecule has 174 valence electrons. The molecule has 0 spiro atoms. The van der Waals surface area contributed by atoms with Crippen LogP contribution in [0.5, 0.6) is 5.75 Å². The first-order valence-corrected chi connectivity index (χ1v) is 13.7. The normalized spacial score (nSPS) is 11.3. The summed E-state index contributed by atoms with van der Waals surface area (Å²) in [5, 5.41) is 10.7. The molecule has 0 aromatic heterocycles. The molecule has 0 saturated heterocycles. The zero-order valence-corrected chi connectivity index (χ0v) is 20.7. The Morgan fingerprint density at radius 1 is 0.818 bits per heavy atom. The van der Waals surface area contributed by atoms with E-state index in [2.05, 4.69) is 4.99 Å². The van der Waals surface area contributed by atoms with Crippen LogP contribution in [0.1, 0.15) is 31.9 Å². The van der Waals surface area contributed by atoms with Gasteiger partial charge in [-0.05, 0) is 28.7 Å². The molecule has 0 fully saturated rings. The summed E-state index contributed by atoms with van der Waals surface area (Å²) in [5.74, 6) is -10.7. The fraction of sp³-hybridized carbons (Fsp3) is 0.174. The molecular formula is C23H18Cl2F5NOTi. The van der Waals surface area contributed by atoms with Crippen LogP contribution in [0, 0.1) is 29.1 Å². The third-order valence-electron chi connectivity index (χ3n) is 4.57. The molecular weight excluding hydrogens is 520 g/mol. The standard InChI is InChI=1S/C23H18F5NO.2ClH.Ti/c1-23(2,3)15-10-13(12-7-5-4-6-8-12)9-14(22(15)30)11-29-21-19(27)17(25)16(24)18(26)20(21)28;;;/h4-11,30H,1-3H3;2*1H;/q;;;+2/p-2. The van der Waals surface area contributed by atoms with Crippen LogP contribution in [0.2, 0.25) is 0 Å². The summed E-state index contributed by atoms with van der Waals surface area (Å²) in [7, 11) is 9.78. The van der Waals surface area contributed by atoms with Crippen molar-refractivity contribution in [3.63, 3.8) is 0 Å². The zero-order chi connectivity index (χ0) is 24.9. The van der Waals surface area contributed by atoms with Gasteiger partial charge in [-0.3, -0.25) is 0 Å². The fourth-order valence-corrected chi connectivity index (χ4v) is 2.97. The Morgan fingerprint density at radius 2 is 1.30 bits per heavy atom. The van der Waals surface area contributed by atoms with Gasteiger partial charge in [-0.1, -0.05) is 51.1 Å². The Labute approximate surface area is 204 Å². The predicted octanol–water partition coefficient (Wildman–Crippen LogP) is 8.18. The fourth-order valence-electron chi connectivity index (χ4n) is 2.97. The maximum absolute atomic E-state index is 13.9. The molecule has 2 nitrogen and oxygen atoms in total. The first kappa shape index (κ1) is 27.3. The van der Waals surface area contributed by atoms with E-state index >= 15 is 0 Å². The van der Waals surface area contributed by atoms with Crippen molar-refractivity contribution in [3.05, 3.63) is 82.7 Å². The van der Waals surface area contributed by atoms with Gasteiger partial charge in [0.2, 0.25) is 5.82 Å². The SMILES string of the molecule is CC(C)(C)c1cc(-c2ccccc2)cc(C=Nc2c(F)c(F)c(F)c(F)c2F)c1O.[Cl][Ti][Cl]. The van der Waals surface area contributed by atoms with Gasteiger partial charge in [0.05, 0.1) is 0 Å². The summed E-state index contributed by atoms with van der Waals surface area (Å²) in [6.07, 6.45) is 0.884. The van der Waals surface area contributed by atoms with E-state index in [1.54, 1.807) is 6.07 Å². The van der Waals surface area contributed by atoms with Gasteiger partial charge in [-0.2, -0.15) is 0 Å². The molecule has 0 amide bonds. The molecule has 3 aromatic carbocycles. The van der Waals surface area contributed by atoms with E-state index in [4.69, 9.17) is 18.6 Å². The molecule has 3 aromatic rings. The first-order valence-electron chi connectivity index (χ1n) is 9.38. The number of halogens is 7. The maximum atomic E-state index is 13.9. The van der Waals surface area contributed by atoms with Crippen LogP contribution in [0.4, 0.5) is 27.6 Å². The molecule has 0 heterocycles. The van der Waals surface area contributed by atoms with Crippen LogP contribution >= 0.6 is 18.6 Å². The average molecular weight is 538 g/mol. The third kappa shape index (κ3) is 6.35. The van der Waals surface area contributed by atoms with Gasteiger partial charge in [0.25, 0.3) is 0 Å². The predicted molar refractivity (Wildman–Crippen MR) is 117 cm³/mol. The van der Waals surface area contributed by atoms with E-state index < -0.39 is 57.2 Å². The minimum atomic E-state index is -2.26. The number of benzene rings is 3. The topological polar surface area (TPSA) is 32.6 Å². The van der Waals surface area contributed by atoms with Crippen LogP contribution in [0.3, 0.4) is 0 Å². The zero-order valence-electron chi connectivity index (χ0n) is 17.7. The summed E-state index contributed by atoms with van der Waals surface area (Å²) >= 11 is -0.556. The monoisotopic (exact) mass is 537 g/mol. The van der Waals surface area contributed by atoms with Crippen molar-refractivity contribution in [2.75, 3.05) is 0 Å². The second-order valence-corrected chi connectivity index (χ2v) is 10.4.